The molecule has 0 aromatic rings. The van der Waals surface area contributed by atoms with Crippen molar-refractivity contribution in [3.05, 3.63) is 24.3 Å². The van der Waals surface area contributed by atoms with E-state index < -0.39 is 0 Å². The molecular formula is C7H8Cl2. The second-order valence-corrected chi connectivity index (χ2v) is 3.17. The van der Waals surface area contributed by atoms with Crippen molar-refractivity contribution in [1.82, 2.24) is 0 Å². The van der Waals surface area contributed by atoms with Crippen molar-refractivity contribution in [2.75, 3.05) is 0 Å². The Bertz CT molecular complexity index is 124. The minimum atomic E-state index is -0.294. The van der Waals surface area contributed by atoms with Crippen LogP contribution in [0.4, 0.5) is 0 Å². The number of hydrogen-bond donors (Lipinski definition) is 0. The predicted molar refractivity (Wildman–Crippen MR) is 41.9 cm³/mol. The Kier molecular flexibility index (Phi) is 2.62. The molecule has 0 nitrogen and oxygen atoms in total. The largest absolute Gasteiger partial charge is 0.117 e. The van der Waals surface area contributed by atoms with Gasteiger partial charge in [0.05, 0.1) is 0 Å². The number of allylic oxidation sites excluding steroid dienone is 4. The highest BCUT2D eigenvalue weighted by molar-refractivity contribution is 6.44. The van der Waals surface area contributed by atoms with E-state index in [0.717, 1.165) is 6.42 Å². The second kappa shape index (κ2) is 3.28. The van der Waals surface area contributed by atoms with Crippen molar-refractivity contribution >= 4 is 23.2 Å². The van der Waals surface area contributed by atoms with Gasteiger partial charge in [-0.15, -0.1) is 23.2 Å². The van der Waals surface area contributed by atoms with Gasteiger partial charge in [0.15, 0.2) is 0 Å². The molecule has 0 aromatic heterocycles. The molecule has 0 aliphatic heterocycles. The van der Waals surface area contributed by atoms with Crippen LogP contribution >= 0.6 is 23.2 Å². The maximum absolute atomic E-state index is 5.62. The molecule has 2 heteroatoms. The average molecular weight is 163 g/mol. The maximum atomic E-state index is 5.62. The minimum absolute atomic E-state index is 0.224. The first-order valence-electron chi connectivity index (χ1n) is 2.92. The van der Waals surface area contributed by atoms with E-state index in [-0.39, 0.29) is 10.8 Å². The van der Waals surface area contributed by atoms with Gasteiger partial charge in [-0.1, -0.05) is 24.3 Å². The lowest BCUT2D eigenvalue weighted by atomic mass is 10.1. The van der Waals surface area contributed by atoms with Crippen molar-refractivity contribution < 1.29 is 0 Å². The summed E-state index contributed by atoms with van der Waals surface area (Å²) in [5, 5.41) is 0. The molecule has 0 N–H and O–H groups in total. The third-order valence-electron chi connectivity index (χ3n) is 1.28. The van der Waals surface area contributed by atoms with E-state index >= 15 is 0 Å². The molecule has 0 fully saturated rings. The zero-order valence-electron chi connectivity index (χ0n) is 4.93. The van der Waals surface area contributed by atoms with Crippen LogP contribution in [0, 0.1) is 5.92 Å². The Morgan fingerprint density at radius 3 is 2.11 bits per heavy atom. The zero-order valence-corrected chi connectivity index (χ0v) is 6.44. The number of rotatable bonds is 1. The van der Waals surface area contributed by atoms with E-state index in [4.69, 9.17) is 23.2 Å². The first-order valence-corrected chi connectivity index (χ1v) is 3.79. The van der Waals surface area contributed by atoms with Crippen LogP contribution in [0.3, 0.4) is 0 Å². The molecule has 0 radical (unpaired) electrons. The molecule has 0 unspecified atom stereocenters. The van der Waals surface area contributed by atoms with Gasteiger partial charge in [0.2, 0.25) is 0 Å². The van der Waals surface area contributed by atoms with Gasteiger partial charge in [-0.05, 0) is 6.42 Å². The quantitative estimate of drug-likeness (QED) is 0.411. The molecule has 0 saturated carbocycles. The van der Waals surface area contributed by atoms with Crippen molar-refractivity contribution in [2.24, 2.45) is 5.92 Å². The molecule has 1 aliphatic rings. The Morgan fingerprint density at radius 2 is 1.78 bits per heavy atom. The average Bonchev–Trinajstić information content (AvgIpc) is 1.90. The van der Waals surface area contributed by atoms with E-state index in [0.29, 0.717) is 0 Å². The number of alkyl halides is 2. The normalized spacial score (nSPS) is 19.4. The second-order valence-electron chi connectivity index (χ2n) is 2.00. The van der Waals surface area contributed by atoms with Crippen LogP contribution in [0.2, 0.25) is 0 Å². The maximum Gasteiger partial charge on any atom is 0.117 e. The molecule has 1 rings (SSSR count). The zero-order chi connectivity index (χ0) is 6.69. The van der Waals surface area contributed by atoms with Gasteiger partial charge in [-0.3, -0.25) is 0 Å². The van der Waals surface area contributed by atoms with Crippen LogP contribution < -0.4 is 0 Å². The van der Waals surface area contributed by atoms with E-state index in [2.05, 4.69) is 12.2 Å². The van der Waals surface area contributed by atoms with Crippen LogP contribution in [0.1, 0.15) is 6.42 Å². The lowest BCUT2D eigenvalue weighted by molar-refractivity contribution is 0.873. The molecule has 0 saturated heterocycles. The molecule has 9 heavy (non-hydrogen) atoms. The Balaban J connectivity index is 2.49. The van der Waals surface area contributed by atoms with Crippen molar-refractivity contribution in [3.8, 4) is 0 Å². The number of hydrogen-bond acceptors (Lipinski definition) is 0. The summed E-state index contributed by atoms with van der Waals surface area (Å²) in [6.45, 7) is 0. The van der Waals surface area contributed by atoms with Crippen LogP contribution in [0.25, 0.3) is 0 Å². The van der Waals surface area contributed by atoms with Crippen LogP contribution in [-0.2, 0) is 0 Å². The fraction of sp³-hybridized carbons (Fsp3) is 0.429. The summed E-state index contributed by atoms with van der Waals surface area (Å²) in [5.41, 5.74) is 0. The van der Waals surface area contributed by atoms with Crippen molar-refractivity contribution in [2.45, 2.75) is 11.3 Å². The standard InChI is InChI=1S/C7H8Cl2/c8-7(9)6-4-2-1-3-5-6/h2-7H,1H2. The van der Waals surface area contributed by atoms with Gasteiger partial charge >= 0.3 is 0 Å². The summed E-state index contributed by atoms with van der Waals surface area (Å²) in [5.74, 6) is 0.224. The third kappa shape index (κ3) is 2.04. The lowest BCUT2D eigenvalue weighted by Gasteiger charge is -2.10. The van der Waals surface area contributed by atoms with E-state index in [9.17, 15) is 0 Å². The fourth-order valence-corrected chi connectivity index (χ4v) is 1.12. The van der Waals surface area contributed by atoms with E-state index in [1.807, 2.05) is 12.2 Å². The Labute approximate surface area is 65.2 Å². The highest BCUT2D eigenvalue weighted by atomic mass is 35.5. The minimum Gasteiger partial charge on any atom is -0.104 e. The van der Waals surface area contributed by atoms with E-state index in [1.165, 1.54) is 0 Å². The highest BCUT2D eigenvalue weighted by Gasteiger charge is 2.10. The molecule has 0 atom stereocenters. The molecule has 0 heterocycles. The molecule has 0 spiro atoms. The topological polar surface area (TPSA) is 0 Å². The number of halogens is 2. The predicted octanol–water partition coefficient (Wildman–Crippen LogP) is 2.92. The van der Waals surface area contributed by atoms with Crippen LogP contribution in [0.5, 0.6) is 0 Å². The first kappa shape index (κ1) is 7.17. The van der Waals surface area contributed by atoms with Gasteiger partial charge in [0, 0.05) is 5.92 Å². The van der Waals surface area contributed by atoms with Crippen molar-refractivity contribution in [3.63, 3.8) is 0 Å². The van der Waals surface area contributed by atoms with Crippen LogP contribution in [0.15, 0.2) is 24.3 Å². The molecule has 1 aliphatic carbocycles. The highest BCUT2D eigenvalue weighted by Crippen LogP contribution is 2.20. The summed E-state index contributed by atoms with van der Waals surface area (Å²) in [6, 6.07) is 0. The fourth-order valence-electron chi connectivity index (χ4n) is 0.782. The smallest absolute Gasteiger partial charge is 0.104 e. The van der Waals surface area contributed by atoms with Gasteiger partial charge in [0.1, 0.15) is 4.84 Å². The molecule has 0 amide bonds. The van der Waals surface area contributed by atoms with E-state index in [1.54, 1.807) is 0 Å². The summed E-state index contributed by atoms with van der Waals surface area (Å²) in [6.07, 6.45) is 9.22. The van der Waals surface area contributed by atoms with Gasteiger partial charge in [-0.25, -0.2) is 0 Å². The summed E-state index contributed by atoms with van der Waals surface area (Å²) in [7, 11) is 0. The lowest BCUT2D eigenvalue weighted by Crippen LogP contribution is -2.03. The molecule has 0 bridgehead atoms. The first-order chi connectivity index (χ1) is 4.30. The molecule has 0 aromatic carbocycles. The van der Waals surface area contributed by atoms with Crippen molar-refractivity contribution in [1.29, 1.82) is 0 Å². The van der Waals surface area contributed by atoms with Gasteiger partial charge in [-0.2, -0.15) is 0 Å². The molecular weight excluding hydrogens is 155 g/mol. The SMILES string of the molecule is ClC(Cl)C1C=CCC=C1. The Hall–Kier alpha value is 0.0600. The summed E-state index contributed by atoms with van der Waals surface area (Å²) < 4.78 is 0. The summed E-state index contributed by atoms with van der Waals surface area (Å²) in [4.78, 5) is -0.294. The Morgan fingerprint density at radius 1 is 1.22 bits per heavy atom. The van der Waals surface area contributed by atoms with Gasteiger partial charge < -0.3 is 0 Å². The summed E-state index contributed by atoms with van der Waals surface area (Å²) >= 11 is 11.2. The van der Waals surface area contributed by atoms with Crippen LogP contribution in [-0.4, -0.2) is 4.84 Å². The molecule has 50 valence electrons. The van der Waals surface area contributed by atoms with Gasteiger partial charge in [0.25, 0.3) is 0 Å². The third-order valence-corrected chi connectivity index (χ3v) is 1.86. The monoisotopic (exact) mass is 162 g/mol.